The molecule has 0 bridgehead atoms. The SMILES string of the molecule is c1ccc2c(c1)CC/C(=N/Nc1nc3ccccc3s1)C2. The van der Waals surface area contributed by atoms with Crippen molar-refractivity contribution in [3.05, 3.63) is 59.7 Å². The van der Waals surface area contributed by atoms with Crippen LogP contribution in [-0.4, -0.2) is 10.7 Å². The highest BCUT2D eigenvalue weighted by Crippen LogP contribution is 2.26. The highest BCUT2D eigenvalue weighted by molar-refractivity contribution is 7.22. The molecule has 0 atom stereocenters. The van der Waals surface area contributed by atoms with Crippen LogP contribution < -0.4 is 5.43 Å². The predicted molar refractivity (Wildman–Crippen MR) is 89.1 cm³/mol. The zero-order valence-corrected chi connectivity index (χ0v) is 12.4. The van der Waals surface area contributed by atoms with E-state index in [1.54, 1.807) is 11.3 Å². The zero-order valence-electron chi connectivity index (χ0n) is 11.5. The molecule has 0 saturated carbocycles. The number of nitrogens with one attached hydrogen (secondary N) is 1. The number of hydrazone groups is 1. The molecule has 0 saturated heterocycles. The highest BCUT2D eigenvalue weighted by Gasteiger charge is 2.13. The Hall–Kier alpha value is -2.20. The minimum absolute atomic E-state index is 0.863. The van der Waals surface area contributed by atoms with Gasteiger partial charge in [0.2, 0.25) is 5.13 Å². The number of para-hydroxylation sites is 1. The lowest BCUT2D eigenvalue weighted by Gasteiger charge is -2.16. The van der Waals surface area contributed by atoms with Crippen LogP contribution in [0.1, 0.15) is 17.5 Å². The van der Waals surface area contributed by atoms with Gasteiger partial charge in [-0.1, -0.05) is 47.7 Å². The highest BCUT2D eigenvalue weighted by atomic mass is 32.1. The van der Waals surface area contributed by atoms with Crippen molar-refractivity contribution >= 4 is 32.4 Å². The molecule has 104 valence electrons. The van der Waals surface area contributed by atoms with Crippen molar-refractivity contribution in [2.45, 2.75) is 19.3 Å². The van der Waals surface area contributed by atoms with Crippen LogP contribution in [0, 0.1) is 0 Å². The first-order valence-corrected chi connectivity index (χ1v) is 7.94. The second kappa shape index (κ2) is 5.30. The van der Waals surface area contributed by atoms with E-state index in [0.717, 1.165) is 29.9 Å². The third-order valence-electron chi connectivity index (χ3n) is 3.80. The van der Waals surface area contributed by atoms with E-state index < -0.39 is 0 Å². The van der Waals surface area contributed by atoms with Crippen LogP contribution in [0.15, 0.2) is 53.6 Å². The predicted octanol–water partition coefficient (Wildman–Crippen LogP) is 4.25. The Morgan fingerprint density at radius 1 is 0.952 bits per heavy atom. The molecular weight excluding hydrogens is 278 g/mol. The van der Waals surface area contributed by atoms with Gasteiger partial charge in [0.05, 0.1) is 10.2 Å². The summed E-state index contributed by atoms with van der Waals surface area (Å²) in [6.45, 7) is 0. The van der Waals surface area contributed by atoms with E-state index in [1.807, 2.05) is 18.2 Å². The number of thiazole rings is 1. The number of anilines is 1. The Kier molecular flexibility index (Phi) is 3.16. The molecule has 0 unspecified atom stereocenters. The van der Waals surface area contributed by atoms with Crippen molar-refractivity contribution in [3.8, 4) is 0 Å². The summed E-state index contributed by atoms with van der Waals surface area (Å²) in [5.41, 5.74) is 8.21. The Morgan fingerprint density at radius 2 is 1.76 bits per heavy atom. The van der Waals surface area contributed by atoms with E-state index in [0.29, 0.717) is 0 Å². The largest absolute Gasteiger partial charge is 0.253 e. The van der Waals surface area contributed by atoms with Gasteiger partial charge in [-0.15, -0.1) is 0 Å². The lowest BCUT2D eigenvalue weighted by atomic mass is 9.90. The molecule has 1 N–H and O–H groups in total. The fraction of sp³-hybridized carbons (Fsp3) is 0.176. The molecule has 0 aliphatic heterocycles. The van der Waals surface area contributed by atoms with Crippen LogP contribution in [0.25, 0.3) is 10.2 Å². The van der Waals surface area contributed by atoms with Gasteiger partial charge in [0.15, 0.2) is 0 Å². The van der Waals surface area contributed by atoms with E-state index in [4.69, 9.17) is 0 Å². The third-order valence-corrected chi connectivity index (χ3v) is 4.74. The molecule has 4 rings (SSSR count). The molecule has 3 aromatic rings. The van der Waals surface area contributed by atoms with Gasteiger partial charge >= 0.3 is 0 Å². The molecule has 0 amide bonds. The minimum atomic E-state index is 0.863. The first kappa shape index (κ1) is 12.5. The average Bonchev–Trinajstić information content (AvgIpc) is 2.95. The van der Waals surface area contributed by atoms with Gasteiger partial charge < -0.3 is 0 Å². The van der Waals surface area contributed by atoms with Crippen molar-refractivity contribution in [3.63, 3.8) is 0 Å². The molecule has 1 heterocycles. The standard InChI is InChI=1S/C17H15N3S/c1-2-6-13-11-14(10-9-12(13)5-1)19-20-17-18-15-7-3-4-8-16(15)21-17/h1-8H,9-11H2,(H,18,20)/b19-14-. The van der Waals surface area contributed by atoms with Gasteiger partial charge in [-0.25, -0.2) is 4.98 Å². The summed E-state index contributed by atoms with van der Waals surface area (Å²) in [4.78, 5) is 4.54. The number of hydrogen-bond donors (Lipinski definition) is 1. The quantitative estimate of drug-likeness (QED) is 0.717. The van der Waals surface area contributed by atoms with Crippen LogP contribution in [0.4, 0.5) is 5.13 Å². The van der Waals surface area contributed by atoms with Crippen LogP contribution in [0.5, 0.6) is 0 Å². The average molecular weight is 293 g/mol. The van der Waals surface area contributed by atoms with Gasteiger partial charge in [0, 0.05) is 12.1 Å². The minimum Gasteiger partial charge on any atom is -0.253 e. The Bertz CT molecular complexity index is 787. The van der Waals surface area contributed by atoms with Gasteiger partial charge in [0.25, 0.3) is 0 Å². The summed E-state index contributed by atoms with van der Waals surface area (Å²) < 4.78 is 1.19. The number of aryl methyl sites for hydroxylation is 1. The Balaban J connectivity index is 1.53. The number of hydrogen-bond acceptors (Lipinski definition) is 4. The summed E-state index contributed by atoms with van der Waals surface area (Å²) in [6, 6.07) is 16.8. The Labute approximate surface area is 127 Å². The van der Waals surface area contributed by atoms with E-state index in [9.17, 15) is 0 Å². The molecule has 3 nitrogen and oxygen atoms in total. The van der Waals surface area contributed by atoms with Gasteiger partial charge in [-0.3, -0.25) is 5.43 Å². The van der Waals surface area contributed by atoms with Crippen LogP contribution in [0.3, 0.4) is 0 Å². The summed E-state index contributed by atoms with van der Waals surface area (Å²) in [5, 5.41) is 5.43. The summed E-state index contributed by atoms with van der Waals surface area (Å²) >= 11 is 1.64. The smallest absolute Gasteiger partial charge is 0.204 e. The summed E-state index contributed by atoms with van der Waals surface area (Å²) in [5.74, 6) is 0. The van der Waals surface area contributed by atoms with Crippen molar-refractivity contribution < 1.29 is 0 Å². The van der Waals surface area contributed by atoms with Gasteiger partial charge in [0.1, 0.15) is 0 Å². The van der Waals surface area contributed by atoms with Gasteiger partial charge in [-0.2, -0.15) is 5.10 Å². The number of rotatable bonds is 2. The first-order valence-electron chi connectivity index (χ1n) is 7.12. The third kappa shape index (κ3) is 2.54. The molecule has 2 aromatic carbocycles. The number of fused-ring (bicyclic) bond motifs is 2. The monoisotopic (exact) mass is 293 g/mol. The van der Waals surface area contributed by atoms with Crippen molar-refractivity contribution in [1.82, 2.24) is 4.98 Å². The van der Waals surface area contributed by atoms with Crippen LogP contribution >= 0.6 is 11.3 Å². The summed E-state index contributed by atoms with van der Waals surface area (Å²) in [6.07, 6.45) is 3.04. The fourth-order valence-electron chi connectivity index (χ4n) is 2.70. The van der Waals surface area contributed by atoms with Crippen LogP contribution in [0.2, 0.25) is 0 Å². The van der Waals surface area contributed by atoms with E-state index in [-0.39, 0.29) is 0 Å². The second-order valence-corrected chi connectivity index (χ2v) is 6.25. The molecule has 0 fully saturated rings. The van der Waals surface area contributed by atoms with Crippen molar-refractivity contribution in [2.24, 2.45) is 5.10 Å². The maximum Gasteiger partial charge on any atom is 0.204 e. The van der Waals surface area contributed by atoms with Crippen molar-refractivity contribution in [2.75, 3.05) is 5.43 Å². The number of nitrogens with zero attached hydrogens (tertiary/aromatic N) is 2. The number of aromatic nitrogens is 1. The normalized spacial score (nSPS) is 16.1. The lowest BCUT2D eigenvalue weighted by Crippen LogP contribution is -2.14. The second-order valence-electron chi connectivity index (χ2n) is 5.22. The maximum absolute atomic E-state index is 4.56. The molecule has 4 heteroatoms. The Morgan fingerprint density at radius 3 is 2.67 bits per heavy atom. The van der Waals surface area contributed by atoms with E-state index in [2.05, 4.69) is 45.8 Å². The zero-order chi connectivity index (χ0) is 14.1. The molecule has 1 aromatic heterocycles. The summed E-state index contributed by atoms with van der Waals surface area (Å²) in [7, 11) is 0. The molecule has 0 radical (unpaired) electrons. The van der Waals surface area contributed by atoms with E-state index in [1.165, 1.54) is 21.5 Å². The van der Waals surface area contributed by atoms with Crippen molar-refractivity contribution in [1.29, 1.82) is 0 Å². The molecule has 1 aliphatic carbocycles. The molecule has 1 aliphatic rings. The molecule has 0 spiro atoms. The fourth-order valence-corrected chi connectivity index (χ4v) is 3.51. The first-order chi connectivity index (χ1) is 10.4. The topological polar surface area (TPSA) is 37.3 Å². The lowest BCUT2D eigenvalue weighted by molar-refractivity contribution is 0.941. The number of benzene rings is 2. The van der Waals surface area contributed by atoms with Crippen LogP contribution in [-0.2, 0) is 12.8 Å². The van der Waals surface area contributed by atoms with E-state index >= 15 is 0 Å². The molecule has 21 heavy (non-hydrogen) atoms. The van der Waals surface area contributed by atoms with Gasteiger partial charge in [-0.05, 0) is 36.1 Å². The maximum atomic E-state index is 4.56. The molecular formula is C17H15N3S.